The molecule has 3 aromatic carbocycles. The number of nitrogens with two attached hydrogens (primary N) is 1. The zero-order valence-corrected chi connectivity index (χ0v) is 25.9. The van der Waals surface area contributed by atoms with Crippen molar-refractivity contribution in [1.82, 2.24) is 5.32 Å². The van der Waals surface area contributed by atoms with E-state index in [0.717, 1.165) is 0 Å². The zero-order chi connectivity index (χ0) is 31.4. The Labute approximate surface area is 259 Å². The molecule has 3 amide bonds. The maximum Gasteiger partial charge on any atom is 0.249 e. The van der Waals surface area contributed by atoms with Gasteiger partial charge in [0.2, 0.25) is 17.7 Å². The topological polar surface area (TPSA) is 123 Å². The fourth-order valence-corrected chi connectivity index (χ4v) is 7.04. The lowest BCUT2D eigenvalue weighted by Crippen LogP contribution is -2.49. The van der Waals surface area contributed by atoms with Crippen LogP contribution in [0.25, 0.3) is 0 Å². The van der Waals surface area contributed by atoms with Gasteiger partial charge in [0.15, 0.2) is 0 Å². The molecule has 2 aliphatic heterocycles. The lowest BCUT2D eigenvalue weighted by atomic mass is 9.62. The molecule has 8 nitrogen and oxygen atoms in total. The van der Waals surface area contributed by atoms with E-state index in [2.05, 4.69) is 16.0 Å². The normalized spacial score (nSPS) is 22.8. The minimum atomic E-state index is -1.39. The van der Waals surface area contributed by atoms with E-state index in [1.165, 1.54) is 25.3 Å². The number of carbonyl (C=O) groups is 3. The van der Waals surface area contributed by atoms with E-state index < -0.39 is 41.0 Å². The van der Waals surface area contributed by atoms with Crippen LogP contribution in [0.2, 0.25) is 10.0 Å². The maximum absolute atomic E-state index is 16.0. The Hall–Kier alpha value is -3.66. The van der Waals surface area contributed by atoms with Crippen molar-refractivity contribution in [2.45, 2.75) is 57.5 Å². The van der Waals surface area contributed by atoms with Crippen LogP contribution in [0.5, 0.6) is 5.75 Å². The van der Waals surface area contributed by atoms with E-state index in [0.29, 0.717) is 33.9 Å². The molecule has 2 heterocycles. The summed E-state index contributed by atoms with van der Waals surface area (Å²) in [6.07, 6.45) is 0.473. The minimum Gasteiger partial charge on any atom is -0.494 e. The first-order chi connectivity index (χ1) is 20.2. The number of ether oxygens (including phenoxy) is 1. The first kappa shape index (κ1) is 30.8. The van der Waals surface area contributed by atoms with E-state index >= 15 is 4.39 Å². The van der Waals surface area contributed by atoms with Gasteiger partial charge in [0.1, 0.15) is 17.0 Å². The van der Waals surface area contributed by atoms with Gasteiger partial charge in [-0.3, -0.25) is 14.4 Å². The van der Waals surface area contributed by atoms with Crippen LogP contribution in [0.3, 0.4) is 0 Å². The number of rotatable bonds is 6. The van der Waals surface area contributed by atoms with E-state index in [-0.39, 0.29) is 33.2 Å². The number of nitrogens with one attached hydrogen (secondary N) is 3. The summed E-state index contributed by atoms with van der Waals surface area (Å²) >= 11 is 12.6. The molecule has 1 spiro atoms. The molecule has 2 aliphatic rings. The highest BCUT2D eigenvalue weighted by Gasteiger charge is 2.66. The van der Waals surface area contributed by atoms with Crippen LogP contribution >= 0.6 is 23.2 Å². The number of benzene rings is 3. The van der Waals surface area contributed by atoms with Gasteiger partial charge >= 0.3 is 0 Å². The van der Waals surface area contributed by atoms with Gasteiger partial charge in [0, 0.05) is 33.8 Å². The van der Waals surface area contributed by atoms with E-state index in [1.54, 1.807) is 37.3 Å². The number of carbonyl (C=O) groups excluding carboxylic acids is 3. The van der Waals surface area contributed by atoms with Gasteiger partial charge in [-0.05, 0) is 60.2 Å². The zero-order valence-electron chi connectivity index (χ0n) is 24.4. The summed E-state index contributed by atoms with van der Waals surface area (Å²) in [7, 11) is 1.42. The van der Waals surface area contributed by atoms with Crippen molar-refractivity contribution in [2.24, 2.45) is 11.1 Å². The first-order valence-corrected chi connectivity index (χ1v) is 14.6. The molecule has 5 N–H and O–H groups in total. The minimum absolute atomic E-state index is 0.125. The van der Waals surface area contributed by atoms with Gasteiger partial charge in [-0.15, -0.1) is 0 Å². The number of primary amides is 1. The summed E-state index contributed by atoms with van der Waals surface area (Å²) in [6, 6.07) is 11.0. The summed E-state index contributed by atoms with van der Waals surface area (Å²) in [5.41, 5.74) is 6.06. The Balaban J connectivity index is 1.71. The predicted octanol–water partition coefficient (Wildman–Crippen LogP) is 5.94. The number of fused-ring (bicyclic) bond motifs is 2. The molecule has 5 rings (SSSR count). The third-order valence-corrected chi connectivity index (χ3v) is 8.88. The molecule has 3 aromatic rings. The second-order valence-corrected chi connectivity index (χ2v) is 13.1. The molecule has 1 saturated heterocycles. The maximum atomic E-state index is 16.0. The highest BCUT2D eigenvalue weighted by Crippen LogP contribution is 2.57. The Kier molecular flexibility index (Phi) is 7.96. The van der Waals surface area contributed by atoms with Gasteiger partial charge in [0.25, 0.3) is 0 Å². The van der Waals surface area contributed by atoms with Crippen molar-refractivity contribution in [1.29, 1.82) is 0 Å². The predicted molar refractivity (Wildman–Crippen MR) is 166 cm³/mol. The molecule has 0 aromatic heterocycles. The molecule has 0 aliphatic carbocycles. The lowest BCUT2D eigenvalue weighted by molar-refractivity contribution is -0.122. The SMILES string of the molecule is COc1c(NC(=O)[C@@H]2N[C@@H](CC(C)(C)C)[C@@]3(C(=O)Nc4cc(Cl)ccc43)[C@H]2c2cccc(Cl)c2F)ccc(C(N)=O)c1C. The number of amides is 3. The van der Waals surface area contributed by atoms with Crippen LogP contribution in [-0.2, 0) is 15.0 Å². The molecule has 4 atom stereocenters. The van der Waals surface area contributed by atoms with Crippen molar-refractivity contribution < 1.29 is 23.5 Å². The summed E-state index contributed by atoms with van der Waals surface area (Å²) in [5.74, 6) is -3.00. The molecule has 11 heteroatoms. The quantitative estimate of drug-likeness (QED) is 0.270. The molecular formula is C32H33Cl2FN4O4. The van der Waals surface area contributed by atoms with Crippen molar-refractivity contribution in [3.05, 3.63) is 86.6 Å². The van der Waals surface area contributed by atoms with Crippen molar-refractivity contribution in [2.75, 3.05) is 17.7 Å². The third kappa shape index (κ3) is 5.13. The average Bonchev–Trinajstić information content (AvgIpc) is 3.39. The summed E-state index contributed by atoms with van der Waals surface area (Å²) in [4.78, 5) is 40.5. The van der Waals surface area contributed by atoms with Crippen LogP contribution in [0, 0.1) is 18.2 Å². The second-order valence-electron chi connectivity index (χ2n) is 12.3. The molecule has 0 saturated carbocycles. The van der Waals surface area contributed by atoms with Crippen LogP contribution in [0.15, 0.2) is 48.5 Å². The second kappa shape index (κ2) is 11.1. The summed E-state index contributed by atoms with van der Waals surface area (Å²) in [6.45, 7) is 7.77. The highest BCUT2D eigenvalue weighted by molar-refractivity contribution is 6.31. The van der Waals surface area contributed by atoms with Crippen LogP contribution < -0.4 is 26.4 Å². The van der Waals surface area contributed by atoms with Gasteiger partial charge < -0.3 is 26.4 Å². The molecule has 0 bridgehead atoms. The monoisotopic (exact) mass is 626 g/mol. The number of methoxy groups -OCH3 is 1. The Morgan fingerprint density at radius 2 is 1.86 bits per heavy atom. The van der Waals surface area contributed by atoms with Crippen LogP contribution in [0.4, 0.5) is 15.8 Å². The number of halogens is 3. The molecule has 0 unspecified atom stereocenters. The van der Waals surface area contributed by atoms with Crippen molar-refractivity contribution >= 4 is 52.3 Å². The average molecular weight is 628 g/mol. The van der Waals surface area contributed by atoms with Gasteiger partial charge in [-0.25, -0.2) is 4.39 Å². The van der Waals surface area contributed by atoms with Crippen molar-refractivity contribution in [3.63, 3.8) is 0 Å². The Morgan fingerprint density at radius 3 is 2.51 bits per heavy atom. The Morgan fingerprint density at radius 1 is 1.14 bits per heavy atom. The molecule has 226 valence electrons. The van der Waals surface area contributed by atoms with Gasteiger partial charge in [-0.2, -0.15) is 0 Å². The summed E-state index contributed by atoms with van der Waals surface area (Å²) < 4.78 is 21.5. The van der Waals surface area contributed by atoms with E-state index in [4.69, 9.17) is 33.7 Å². The van der Waals surface area contributed by atoms with Gasteiger partial charge in [-0.1, -0.05) is 62.2 Å². The fourth-order valence-electron chi connectivity index (χ4n) is 6.68. The van der Waals surface area contributed by atoms with E-state index in [1.807, 2.05) is 20.8 Å². The third-order valence-electron chi connectivity index (χ3n) is 8.35. The number of hydrogen-bond donors (Lipinski definition) is 4. The molecule has 1 fully saturated rings. The standard InChI is InChI=1S/C32H33Cl2FN4O4/c1-15-17(28(36)40)10-12-21(27(15)43-5)37-29(41)26-24(18-7-6-8-20(34)25(18)35)32(23(39-26)14-31(2,3)4)19-11-9-16(33)13-22(19)38-30(32)42/h6-13,23-24,26,39H,14H2,1-5H3,(H2,36,40)(H,37,41)(H,38,42)/t23-,24-,26+,32+/m0/s1. The number of hydrogen-bond acceptors (Lipinski definition) is 5. The largest absolute Gasteiger partial charge is 0.494 e. The Bertz CT molecular complexity index is 1660. The van der Waals surface area contributed by atoms with Crippen LogP contribution in [-0.4, -0.2) is 36.9 Å². The molecule has 43 heavy (non-hydrogen) atoms. The smallest absolute Gasteiger partial charge is 0.249 e. The number of anilines is 2. The molecule has 0 radical (unpaired) electrons. The molecular weight excluding hydrogens is 594 g/mol. The van der Waals surface area contributed by atoms with E-state index in [9.17, 15) is 14.4 Å². The lowest BCUT2D eigenvalue weighted by Gasteiger charge is -2.37. The van der Waals surface area contributed by atoms with Crippen LogP contribution in [0.1, 0.15) is 60.2 Å². The van der Waals surface area contributed by atoms with Gasteiger partial charge in [0.05, 0.1) is 23.9 Å². The van der Waals surface area contributed by atoms with Crippen molar-refractivity contribution in [3.8, 4) is 5.75 Å². The fraction of sp³-hybridized carbons (Fsp3) is 0.344. The summed E-state index contributed by atoms with van der Waals surface area (Å²) in [5, 5.41) is 9.59. The first-order valence-electron chi connectivity index (χ1n) is 13.8. The highest BCUT2D eigenvalue weighted by atomic mass is 35.5.